The number of hydrogen-bond acceptors (Lipinski definition) is 6. The van der Waals surface area contributed by atoms with Crippen LogP contribution in [0.2, 0.25) is 0 Å². The molecule has 5 aromatic carbocycles. The smallest absolute Gasteiger partial charge is 0.407 e. The number of carbonyl (C=O) groups is 1. The molecule has 7 nitrogen and oxygen atoms in total. The molecule has 0 spiro atoms. The Morgan fingerprint density at radius 3 is 2.41 bits per heavy atom. The Hall–Kier alpha value is -4.79. The maximum absolute atomic E-state index is 11.9. The topological polar surface area (TPSA) is 80.3 Å². The van der Waals surface area contributed by atoms with Crippen molar-refractivity contribution < 1.29 is 24.1 Å². The Bertz CT molecular complexity index is 1860. The van der Waals surface area contributed by atoms with Crippen LogP contribution in [0.1, 0.15) is 59.6 Å². The molecular formula is C42H44N2O5. The fourth-order valence-electron chi connectivity index (χ4n) is 6.29. The molecule has 6 rings (SSSR count). The summed E-state index contributed by atoms with van der Waals surface area (Å²) < 4.78 is 18.3. The molecule has 5 aromatic rings. The molecule has 252 valence electrons. The van der Waals surface area contributed by atoms with Gasteiger partial charge in [0.15, 0.2) is 6.29 Å². The summed E-state index contributed by atoms with van der Waals surface area (Å²) in [6.07, 6.45) is 0.993. The Morgan fingerprint density at radius 1 is 0.898 bits per heavy atom. The number of alkyl carbamates (subject to hydrolysis) is 1. The standard InChI is InChI=1S/C42H44N2O5/c1-4-22-47-42(46)43-26-31-8-7-11-37(23-31)33-16-19-35(20-17-33)41-48-39(25-40(49-41)34-14-12-30(28-45)13-15-34)27-44(3)29(2)36-21-18-32-9-5-6-10-38(32)24-36/h4-21,23-24,29,39-41,45H,1,22,25-28H2,2-3H3,(H,43,46)/t29-,39+,40-,41-/m1/s1. The van der Waals surface area contributed by atoms with Crippen molar-refractivity contribution in [2.24, 2.45) is 0 Å². The molecule has 0 radical (unpaired) electrons. The second kappa shape index (κ2) is 16.1. The molecule has 7 heteroatoms. The first-order valence-corrected chi connectivity index (χ1v) is 16.8. The monoisotopic (exact) mass is 656 g/mol. The van der Waals surface area contributed by atoms with Crippen LogP contribution in [0.4, 0.5) is 4.79 Å². The fraction of sp³-hybridized carbons (Fsp3) is 0.262. The number of rotatable bonds is 12. The van der Waals surface area contributed by atoms with E-state index in [-0.39, 0.29) is 31.5 Å². The van der Waals surface area contributed by atoms with Gasteiger partial charge in [-0.2, -0.15) is 0 Å². The van der Waals surface area contributed by atoms with Crippen LogP contribution >= 0.6 is 0 Å². The third-order valence-electron chi connectivity index (χ3n) is 9.24. The molecule has 4 atom stereocenters. The van der Waals surface area contributed by atoms with Crippen molar-refractivity contribution in [2.75, 3.05) is 20.2 Å². The van der Waals surface area contributed by atoms with E-state index in [4.69, 9.17) is 14.2 Å². The highest BCUT2D eigenvalue weighted by molar-refractivity contribution is 5.83. The van der Waals surface area contributed by atoms with Gasteiger partial charge < -0.3 is 24.6 Å². The zero-order valence-electron chi connectivity index (χ0n) is 28.1. The van der Waals surface area contributed by atoms with Crippen LogP contribution in [0.15, 0.2) is 128 Å². The molecule has 0 unspecified atom stereocenters. The summed E-state index contributed by atoms with van der Waals surface area (Å²) in [5.41, 5.74) is 7.21. The number of fused-ring (bicyclic) bond motifs is 1. The number of likely N-dealkylation sites (N-methyl/N-ethyl adjacent to an activating group) is 1. The lowest BCUT2D eigenvalue weighted by Gasteiger charge is -2.39. The summed E-state index contributed by atoms with van der Waals surface area (Å²) in [6.45, 7) is 7.08. The number of aliphatic hydroxyl groups excluding tert-OH is 1. The Balaban J connectivity index is 1.18. The lowest BCUT2D eigenvalue weighted by molar-refractivity contribution is -0.253. The second-order valence-corrected chi connectivity index (χ2v) is 12.6. The molecule has 1 fully saturated rings. The third-order valence-corrected chi connectivity index (χ3v) is 9.24. The molecule has 0 aliphatic carbocycles. The van der Waals surface area contributed by atoms with Gasteiger partial charge in [-0.3, -0.25) is 4.90 Å². The zero-order chi connectivity index (χ0) is 34.2. The normalized spacial score (nSPS) is 18.2. The van der Waals surface area contributed by atoms with E-state index in [0.29, 0.717) is 13.0 Å². The van der Waals surface area contributed by atoms with Crippen molar-refractivity contribution in [2.45, 2.75) is 51.0 Å². The first-order valence-electron chi connectivity index (χ1n) is 16.8. The van der Waals surface area contributed by atoms with Crippen molar-refractivity contribution >= 4 is 16.9 Å². The number of carbonyl (C=O) groups excluding carboxylic acids is 1. The Kier molecular flexibility index (Phi) is 11.2. The third kappa shape index (κ3) is 8.63. The molecule has 2 N–H and O–H groups in total. The summed E-state index contributed by atoms with van der Waals surface area (Å²) in [5.74, 6) is 0. The highest BCUT2D eigenvalue weighted by Gasteiger charge is 2.33. The maximum Gasteiger partial charge on any atom is 0.407 e. The second-order valence-electron chi connectivity index (χ2n) is 12.6. The van der Waals surface area contributed by atoms with E-state index in [9.17, 15) is 9.90 Å². The summed E-state index contributed by atoms with van der Waals surface area (Å²) in [7, 11) is 2.15. The number of benzene rings is 5. The fourth-order valence-corrected chi connectivity index (χ4v) is 6.29. The number of hydrogen-bond donors (Lipinski definition) is 2. The van der Waals surface area contributed by atoms with Crippen molar-refractivity contribution in [3.8, 4) is 11.1 Å². The largest absolute Gasteiger partial charge is 0.445 e. The molecule has 0 bridgehead atoms. The van der Waals surface area contributed by atoms with Crippen LogP contribution in [-0.4, -0.2) is 42.4 Å². The van der Waals surface area contributed by atoms with E-state index in [0.717, 1.165) is 39.9 Å². The SMILES string of the molecule is C=CCOC(=O)NCc1cccc(-c2ccc([C@@H]3O[C@H](CN(C)[C@H](C)c4ccc5ccccc5c4)C[C@H](c4ccc(CO)cc4)O3)cc2)c1. The molecule has 1 aliphatic heterocycles. The number of nitrogens with one attached hydrogen (secondary N) is 1. The average molecular weight is 657 g/mol. The van der Waals surface area contributed by atoms with Crippen LogP contribution in [-0.2, 0) is 27.4 Å². The molecule has 1 aliphatic rings. The van der Waals surface area contributed by atoms with Crippen LogP contribution in [0.5, 0.6) is 0 Å². The minimum atomic E-state index is -0.545. The number of nitrogens with zero attached hydrogens (tertiary/aromatic N) is 1. The number of aliphatic hydroxyl groups is 1. The summed E-state index contributed by atoms with van der Waals surface area (Å²) in [6, 6.07) is 39.7. The molecule has 0 aromatic heterocycles. The summed E-state index contributed by atoms with van der Waals surface area (Å²) >= 11 is 0. The van der Waals surface area contributed by atoms with Crippen molar-refractivity contribution in [3.05, 3.63) is 156 Å². The Morgan fingerprint density at radius 2 is 1.65 bits per heavy atom. The lowest BCUT2D eigenvalue weighted by atomic mass is 9.98. The minimum Gasteiger partial charge on any atom is -0.445 e. The van der Waals surface area contributed by atoms with Gasteiger partial charge in [-0.25, -0.2) is 4.79 Å². The maximum atomic E-state index is 11.9. The summed E-state index contributed by atoms with van der Waals surface area (Å²) in [4.78, 5) is 14.2. The van der Waals surface area contributed by atoms with Gasteiger partial charge in [-0.15, -0.1) is 0 Å². The molecule has 49 heavy (non-hydrogen) atoms. The van der Waals surface area contributed by atoms with E-state index in [1.807, 2.05) is 36.4 Å². The first-order chi connectivity index (χ1) is 23.9. The predicted octanol–water partition coefficient (Wildman–Crippen LogP) is 8.65. The molecule has 1 heterocycles. The predicted molar refractivity (Wildman–Crippen MR) is 194 cm³/mol. The number of ether oxygens (including phenoxy) is 3. The van der Waals surface area contributed by atoms with Gasteiger partial charge >= 0.3 is 6.09 Å². The van der Waals surface area contributed by atoms with Crippen molar-refractivity contribution in [1.82, 2.24) is 10.2 Å². The minimum absolute atomic E-state index is 0.00562. The van der Waals surface area contributed by atoms with Gasteiger partial charge in [0.1, 0.15) is 6.61 Å². The van der Waals surface area contributed by atoms with E-state index in [1.54, 1.807) is 0 Å². The van der Waals surface area contributed by atoms with E-state index in [1.165, 1.54) is 22.4 Å². The molecule has 1 saturated heterocycles. The van der Waals surface area contributed by atoms with Gasteiger partial charge in [-0.05, 0) is 70.3 Å². The van der Waals surface area contributed by atoms with E-state index in [2.05, 4.69) is 110 Å². The average Bonchev–Trinajstić information content (AvgIpc) is 3.15. The summed E-state index contributed by atoms with van der Waals surface area (Å²) in [5, 5.41) is 14.8. The lowest BCUT2D eigenvalue weighted by Crippen LogP contribution is -2.38. The van der Waals surface area contributed by atoms with Crippen LogP contribution in [0.3, 0.4) is 0 Å². The van der Waals surface area contributed by atoms with Gasteiger partial charge in [0.25, 0.3) is 0 Å². The van der Waals surface area contributed by atoms with Gasteiger partial charge in [0.2, 0.25) is 0 Å². The number of amides is 1. The van der Waals surface area contributed by atoms with E-state index >= 15 is 0 Å². The van der Waals surface area contributed by atoms with Gasteiger partial charge in [0.05, 0.1) is 18.8 Å². The molecule has 0 saturated carbocycles. The molecule has 1 amide bonds. The van der Waals surface area contributed by atoms with Crippen molar-refractivity contribution in [1.29, 1.82) is 0 Å². The quantitative estimate of drug-likeness (QED) is 0.131. The van der Waals surface area contributed by atoms with E-state index < -0.39 is 12.4 Å². The van der Waals surface area contributed by atoms with Gasteiger partial charge in [-0.1, -0.05) is 116 Å². The first kappa shape index (κ1) is 34.1. The van der Waals surface area contributed by atoms with Gasteiger partial charge in [0, 0.05) is 31.1 Å². The Labute approximate surface area is 288 Å². The zero-order valence-corrected chi connectivity index (χ0v) is 28.1. The highest BCUT2D eigenvalue weighted by atomic mass is 16.7. The van der Waals surface area contributed by atoms with Crippen LogP contribution < -0.4 is 5.32 Å². The molecular weight excluding hydrogens is 612 g/mol. The van der Waals surface area contributed by atoms with Crippen molar-refractivity contribution in [3.63, 3.8) is 0 Å². The highest BCUT2D eigenvalue weighted by Crippen LogP contribution is 2.39. The van der Waals surface area contributed by atoms with Crippen LogP contribution in [0.25, 0.3) is 21.9 Å². The van der Waals surface area contributed by atoms with Crippen LogP contribution in [0, 0.1) is 0 Å².